The number of aliphatic hydroxyl groups is 2. The maximum Gasteiger partial charge on any atom is 0.374 e. The Morgan fingerprint density at radius 3 is 1.54 bits per heavy atom. The zero-order valence-corrected chi connectivity index (χ0v) is 38.9. The number of carbonyl (C=O) groups excluding carboxylic acids is 3. The first-order valence-corrected chi connectivity index (χ1v) is 21.3. The lowest BCUT2D eigenvalue weighted by molar-refractivity contribution is -0.155. The number of aromatic carboxylic acids is 1. The van der Waals surface area contributed by atoms with Crippen LogP contribution >= 0.6 is 23.2 Å². The number of carbonyl (C=O) groups is 4. The summed E-state index contributed by atoms with van der Waals surface area (Å²) in [5, 5.41) is 38.6. The van der Waals surface area contributed by atoms with E-state index in [4.69, 9.17) is 52.9 Å². The lowest BCUT2D eigenvalue weighted by atomic mass is 10.0. The highest BCUT2D eigenvalue weighted by molar-refractivity contribution is 6.31. The highest BCUT2D eigenvalue weighted by Crippen LogP contribution is 2.28. The lowest BCUT2D eigenvalue weighted by Crippen LogP contribution is -2.47. The van der Waals surface area contributed by atoms with Gasteiger partial charge >= 0.3 is 23.8 Å². The number of ether oxygens (including phenoxy) is 4. The van der Waals surface area contributed by atoms with Crippen molar-refractivity contribution in [3.63, 3.8) is 0 Å². The molecule has 1 amide bonds. The van der Waals surface area contributed by atoms with Gasteiger partial charge in [-0.05, 0) is 82.8 Å². The number of hydrogen-bond donors (Lipinski definition) is 5. The Morgan fingerprint density at radius 1 is 0.681 bits per heavy atom. The Hall–Kier alpha value is -6.98. The fraction of sp³-hybridized carbons (Fsp3) is 0.261. The normalized spacial score (nSPS) is 11.6. The molecule has 368 valence electrons. The van der Waals surface area contributed by atoms with Crippen LogP contribution in [0.25, 0.3) is 22.3 Å². The fourth-order valence-corrected chi connectivity index (χ4v) is 6.20. The van der Waals surface area contributed by atoms with E-state index in [0.29, 0.717) is 44.4 Å². The first kappa shape index (κ1) is 54.6. The number of amides is 1. The molecule has 0 spiro atoms. The van der Waals surface area contributed by atoms with Crippen LogP contribution in [0, 0.1) is 11.6 Å². The van der Waals surface area contributed by atoms with Gasteiger partial charge in [0.05, 0.1) is 52.7 Å². The molecule has 0 fully saturated rings. The van der Waals surface area contributed by atoms with Crippen molar-refractivity contribution in [2.45, 2.75) is 39.1 Å². The van der Waals surface area contributed by atoms with Crippen molar-refractivity contribution in [1.82, 2.24) is 25.8 Å². The summed E-state index contributed by atoms with van der Waals surface area (Å²) < 4.78 is 56.4. The minimum atomic E-state index is -1.51. The number of halogens is 4. The van der Waals surface area contributed by atoms with Gasteiger partial charge in [-0.2, -0.15) is 0 Å². The number of nitrogens with one attached hydrogen (secondary N) is 1. The minimum absolute atomic E-state index is 0.0521. The second kappa shape index (κ2) is 27.1. The van der Waals surface area contributed by atoms with Crippen LogP contribution in [0.1, 0.15) is 46.1 Å². The number of esters is 2. The molecule has 0 aliphatic carbocycles. The summed E-state index contributed by atoms with van der Waals surface area (Å²) >= 11 is 11.9. The van der Waals surface area contributed by atoms with Crippen molar-refractivity contribution in [3.05, 3.63) is 141 Å². The van der Waals surface area contributed by atoms with Gasteiger partial charge in [-0.25, -0.2) is 33.2 Å². The average molecular weight is 1000 g/mol. The summed E-state index contributed by atoms with van der Waals surface area (Å²) in [7, 11) is 2.75. The number of rotatable bonds is 19. The smallest absolute Gasteiger partial charge is 0.374 e. The predicted molar refractivity (Wildman–Crippen MR) is 245 cm³/mol. The number of carboxylic acids is 1. The van der Waals surface area contributed by atoms with E-state index in [9.17, 15) is 38.2 Å². The standard InChI is InChI=1S/C23H23ClFN3O6.C18H20ClFN2O3.C5H5NO4/c1-3-33-23(31)19(29)13-28(26-22(30)20-11-21(32-2)27-34-20)12-14-4-6-15(7-5-14)17-10-16(24)8-9-18(17)25;1-2-25-18(24)17(23)11-22(21)10-12-3-5-13(6-4-12)15-9-14(19)7-8-16(15)20;1-9-4-2-3(5(7)8)10-6-4/h4-11,19,29H,3,12-13H2,1-2H3,(H,26,30);3-9,17,23H,2,10-11,21H2,1H3;2H,1H3,(H,7,8)/t19-;17-;/m11./s1. The van der Waals surface area contributed by atoms with Crippen LogP contribution < -0.4 is 20.7 Å². The van der Waals surface area contributed by atoms with Gasteiger partial charge in [0.15, 0.2) is 12.2 Å². The summed E-state index contributed by atoms with van der Waals surface area (Å²) in [6.07, 6.45) is -2.81. The molecule has 2 atom stereocenters. The SMILES string of the molecule is CCOC(=O)[C@H](O)CN(Cc1ccc(-c2cc(Cl)ccc2F)cc1)NC(=O)c1cc(OC)no1.CCOC(=O)[C@H](O)CN(N)Cc1ccc(-c2cc(Cl)ccc2F)cc1.COc1cc(C(=O)O)on1. The van der Waals surface area contributed by atoms with Gasteiger partial charge in [-0.15, -0.1) is 0 Å². The first-order valence-electron chi connectivity index (χ1n) is 20.5. The second-order valence-corrected chi connectivity index (χ2v) is 15.1. The zero-order valence-electron chi connectivity index (χ0n) is 37.4. The van der Waals surface area contributed by atoms with Crippen LogP contribution in [0.4, 0.5) is 8.78 Å². The number of hydrogen-bond acceptors (Lipinski definition) is 17. The molecule has 69 heavy (non-hydrogen) atoms. The molecule has 6 aromatic rings. The third-order valence-corrected chi connectivity index (χ3v) is 9.62. The average Bonchev–Trinajstić information content (AvgIpc) is 4.03. The Labute approximate surface area is 403 Å². The third-order valence-electron chi connectivity index (χ3n) is 9.15. The van der Waals surface area contributed by atoms with E-state index in [0.717, 1.165) is 5.56 Å². The minimum Gasteiger partial charge on any atom is -0.479 e. The van der Waals surface area contributed by atoms with Crippen molar-refractivity contribution >= 4 is 47.0 Å². The van der Waals surface area contributed by atoms with Crippen LogP contribution in [-0.4, -0.2) is 112 Å². The maximum absolute atomic E-state index is 14.2. The van der Waals surface area contributed by atoms with Crippen LogP contribution in [0.15, 0.2) is 106 Å². The van der Waals surface area contributed by atoms with E-state index in [1.165, 1.54) is 66.7 Å². The Bertz CT molecular complexity index is 2620. The number of aliphatic hydroxyl groups excluding tert-OH is 2. The van der Waals surface area contributed by atoms with Gasteiger partial charge in [0, 0.05) is 34.3 Å². The van der Waals surface area contributed by atoms with Crippen LogP contribution in [0.3, 0.4) is 0 Å². The molecule has 23 heteroatoms. The molecule has 0 aliphatic heterocycles. The molecule has 4 aromatic carbocycles. The van der Waals surface area contributed by atoms with Gasteiger partial charge in [-0.1, -0.05) is 71.7 Å². The molecule has 6 N–H and O–H groups in total. The number of nitrogens with zero attached hydrogens (tertiary/aromatic N) is 4. The molecule has 0 radical (unpaired) electrons. The van der Waals surface area contributed by atoms with Crippen LogP contribution in [0.5, 0.6) is 11.8 Å². The molecule has 19 nitrogen and oxygen atoms in total. The molecule has 2 aromatic heterocycles. The number of benzene rings is 4. The Kier molecular flexibility index (Phi) is 21.5. The van der Waals surface area contributed by atoms with Crippen molar-refractivity contribution < 1.29 is 71.3 Å². The van der Waals surface area contributed by atoms with Crippen molar-refractivity contribution in [2.24, 2.45) is 5.84 Å². The zero-order chi connectivity index (χ0) is 50.6. The van der Waals surface area contributed by atoms with Gasteiger partial charge in [0.1, 0.15) is 11.6 Å². The summed E-state index contributed by atoms with van der Waals surface area (Å²) in [5.74, 6) is 1.64. The fourth-order valence-electron chi connectivity index (χ4n) is 5.86. The van der Waals surface area contributed by atoms with Gasteiger partial charge in [-0.3, -0.25) is 16.1 Å². The summed E-state index contributed by atoms with van der Waals surface area (Å²) in [6, 6.07) is 25.1. The van der Waals surface area contributed by atoms with E-state index < -0.39 is 41.8 Å². The number of carboxylic acid groups (broad SMARTS) is 1. The second-order valence-electron chi connectivity index (χ2n) is 14.2. The molecular weight excluding hydrogens is 953 g/mol. The third kappa shape index (κ3) is 17.2. The quantitative estimate of drug-likeness (QED) is 0.0337. The number of nitrogens with two attached hydrogens (primary N) is 1. The predicted octanol–water partition coefficient (Wildman–Crippen LogP) is 6.34. The van der Waals surface area contributed by atoms with Gasteiger partial charge < -0.3 is 43.3 Å². The summed E-state index contributed by atoms with van der Waals surface area (Å²) in [4.78, 5) is 46.0. The maximum atomic E-state index is 14.2. The number of aromatic nitrogens is 2. The van der Waals surface area contributed by atoms with Gasteiger partial charge in [0.25, 0.3) is 11.8 Å². The highest BCUT2D eigenvalue weighted by atomic mass is 35.5. The van der Waals surface area contributed by atoms with E-state index in [1.807, 2.05) is 0 Å². The molecule has 0 saturated carbocycles. The highest BCUT2D eigenvalue weighted by Gasteiger charge is 2.24. The largest absolute Gasteiger partial charge is 0.479 e. The number of methoxy groups -OCH3 is 2. The van der Waals surface area contributed by atoms with Crippen LogP contribution in [-0.2, 0) is 32.2 Å². The van der Waals surface area contributed by atoms with E-state index in [2.05, 4.69) is 25.0 Å². The van der Waals surface area contributed by atoms with Crippen molar-refractivity contribution in [3.8, 4) is 34.0 Å². The number of hydrazine groups is 2. The lowest BCUT2D eigenvalue weighted by Gasteiger charge is -2.24. The monoisotopic (exact) mass is 1000 g/mol. The van der Waals surface area contributed by atoms with Crippen LogP contribution in [0.2, 0.25) is 10.0 Å². The molecule has 6 rings (SSSR count). The molecule has 0 aliphatic rings. The molecule has 2 heterocycles. The molecular formula is C46H48Cl2F2N6O13. The van der Waals surface area contributed by atoms with Crippen molar-refractivity contribution in [2.75, 3.05) is 40.5 Å². The summed E-state index contributed by atoms with van der Waals surface area (Å²) in [5.41, 5.74) is 6.20. The molecule has 0 unspecified atom stereocenters. The topological polar surface area (TPSA) is 262 Å². The van der Waals surface area contributed by atoms with E-state index in [1.54, 1.807) is 68.4 Å². The Morgan fingerprint density at radius 2 is 1.12 bits per heavy atom. The van der Waals surface area contributed by atoms with Crippen molar-refractivity contribution in [1.29, 1.82) is 0 Å². The first-order chi connectivity index (χ1) is 32.9. The Balaban J connectivity index is 0.000000258. The van der Waals surface area contributed by atoms with Gasteiger partial charge in [0.2, 0.25) is 11.5 Å². The molecule has 0 saturated heterocycles. The van der Waals surface area contributed by atoms with E-state index >= 15 is 0 Å². The van der Waals surface area contributed by atoms with E-state index in [-0.39, 0.29) is 61.9 Å². The summed E-state index contributed by atoms with van der Waals surface area (Å²) in [6.45, 7) is 3.68. The molecule has 0 bridgehead atoms.